The number of unbranched alkanes of at least 4 members (excludes halogenated alkanes) is 1. The summed E-state index contributed by atoms with van der Waals surface area (Å²) in [5.41, 5.74) is 13.2. The smallest absolute Gasteiger partial charge is 1.00 e. The molecule has 0 N–H and O–H groups in total. The minimum Gasteiger partial charge on any atom is -1.00 e. The fourth-order valence-electron chi connectivity index (χ4n) is 6.12. The van der Waals surface area contributed by atoms with Crippen molar-refractivity contribution in [2.75, 3.05) is 0 Å². The Labute approximate surface area is 270 Å². The van der Waals surface area contributed by atoms with Gasteiger partial charge in [0.05, 0.1) is 0 Å². The molecule has 0 saturated carbocycles. The van der Waals surface area contributed by atoms with E-state index < -0.39 is 23.2 Å². The first-order chi connectivity index (χ1) is 18.9. The molecule has 0 amide bonds. The SMILES string of the molecule is CCCCC1C=C(C(C)(C)C)C=[C]1[Zr+2][c]1c(-c2ccccc2)ccc2c1Cc1cc(-c3ccccc3)ccc1-2.[Cl-].[Cl-]. The molecule has 0 bridgehead atoms. The van der Waals surface area contributed by atoms with Crippen molar-refractivity contribution in [1.29, 1.82) is 0 Å². The molecule has 0 heterocycles. The summed E-state index contributed by atoms with van der Waals surface area (Å²) in [6.45, 7) is 9.44. The van der Waals surface area contributed by atoms with Crippen LogP contribution in [-0.4, -0.2) is 0 Å². The maximum absolute atomic E-state index is 2.62. The van der Waals surface area contributed by atoms with Gasteiger partial charge < -0.3 is 24.8 Å². The number of hydrogen-bond donors (Lipinski definition) is 0. The minimum absolute atomic E-state index is 0. The van der Waals surface area contributed by atoms with Crippen LogP contribution >= 0.6 is 0 Å². The molecule has 41 heavy (non-hydrogen) atoms. The average Bonchev–Trinajstić information content (AvgIpc) is 3.54. The summed E-state index contributed by atoms with van der Waals surface area (Å²) in [4.78, 5) is 0. The maximum Gasteiger partial charge on any atom is -1.00 e. The molecule has 0 radical (unpaired) electrons. The Bertz CT molecular complexity index is 1560. The van der Waals surface area contributed by atoms with E-state index in [0.717, 1.165) is 6.42 Å². The van der Waals surface area contributed by atoms with Crippen LogP contribution < -0.4 is 28.1 Å². The topological polar surface area (TPSA) is 0 Å². The van der Waals surface area contributed by atoms with Crippen molar-refractivity contribution >= 4 is 3.27 Å². The Morgan fingerprint density at radius 1 is 0.732 bits per heavy atom. The van der Waals surface area contributed by atoms with Gasteiger partial charge in [-0.05, 0) is 0 Å². The molecule has 208 valence electrons. The summed E-state index contributed by atoms with van der Waals surface area (Å²) < 4.78 is 3.46. The third kappa shape index (κ3) is 6.59. The molecule has 4 aromatic carbocycles. The van der Waals surface area contributed by atoms with Gasteiger partial charge in [-0.25, -0.2) is 0 Å². The van der Waals surface area contributed by atoms with E-state index in [1.165, 1.54) is 58.2 Å². The van der Waals surface area contributed by atoms with Gasteiger partial charge in [-0.1, -0.05) is 0 Å². The van der Waals surface area contributed by atoms with E-state index in [-0.39, 0.29) is 30.2 Å². The monoisotopic (exact) mass is 654 g/mol. The standard InChI is InChI=1S/C25H17.C13H21.2ClH.Zr/c1-3-7-18(8-4-1)20-11-13-24-22(15-20)17-23-16-21(12-14-25(23)24)19-9-5-2-6-10-19;1-5-6-7-11-8-9-12(10-11)13(2,3)4;;;/h1-15H,17H2;9-11H,5-7H2,1-4H3;2*1H;/q;;;;+2/p-2. The zero-order chi connectivity index (χ0) is 27.0. The predicted octanol–water partition coefficient (Wildman–Crippen LogP) is 3.98. The van der Waals surface area contributed by atoms with Gasteiger partial charge in [0.1, 0.15) is 0 Å². The summed E-state index contributed by atoms with van der Waals surface area (Å²) in [5, 5.41) is 0. The third-order valence-electron chi connectivity index (χ3n) is 8.36. The summed E-state index contributed by atoms with van der Waals surface area (Å²) in [6.07, 6.45) is 10.2. The van der Waals surface area contributed by atoms with E-state index in [0.29, 0.717) is 5.92 Å². The average molecular weight is 657 g/mol. The van der Waals surface area contributed by atoms with Crippen LogP contribution in [0, 0.1) is 11.3 Å². The van der Waals surface area contributed by atoms with Crippen LogP contribution in [0.25, 0.3) is 33.4 Å². The molecule has 3 heteroatoms. The predicted molar refractivity (Wildman–Crippen MR) is 164 cm³/mol. The van der Waals surface area contributed by atoms with E-state index in [4.69, 9.17) is 0 Å². The Balaban J connectivity index is 0.00000194. The number of rotatable bonds is 7. The molecule has 1 atom stereocenters. The number of benzene rings is 4. The second-order valence-electron chi connectivity index (χ2n) is 12.1. The molecular weight excluding hydrogens is 619 g/mol. The number of halogens is 2. The van der Waals surface area contributed by atoms with Crippen molar-refractivity contribution in [3.63, 3.8) is 0 Å². The first kappa shape index (κ1) is 31.8. The normalized spacial score (nSPS) is 15.1. The largest absolute Gasteiger partial charge is 1.00 e. The van der Waals surface area contributed by atoms with E-state index >= 15 is 0 Å². The molecule has 0 nitrogen and oxygen atoms in total. The van der Waals surface area contributed by atoms with Gasteiger partial charge in [0, 0.05) is 0 Å². The Morgan fingerprint density at radius 2 is 1.37 bits per heavy atom. The molecule has 0 spiro atoms. The van der Waals surface area contributed by atoms with Crippen molar-refractivity contribution in [1.82, 2.24) is 0 Å². The van der Waals surface area contributed by atoms with Gasteiger partial charge in [0.2, 0.25) is 0 Å². The van der Waals surface area contributed by atoms with E-state index in [1.807, 2.05) is 0 Å². The molecular formula is C38H38Cl2Zr. The van der Waals surface area contributed by atoms with E-state index in [2.05, 4.69) is 131 Å². The van der Waals surface area contributed by atoms with Crippen molar-refractivity contribution < 1.29 is 48.0 Å². The fourth-order valence-corrected chi connectivity index (χ4v) is 10.2. The first-order valence-corrected chi connectivity index (χ1v) is 17.0. The number of hydrogen-bond acceptors (Lipinski definition) is 0. The summed E-state index contributed by atoms with van der Waals surface area (Å²) in [6, 6.07) is 33.9. The zero-order valence-corrected chi connectivity index (χ0v) is 28.4. The molecule has 1 unspecified atom stereocenters. The second-order valence-corrected chi connectivity index (χ2v) is 15.4. The first-order valence-electron chi connectivity index (χ1n) is 14.5. The Morgan fingerprint density at radius 3 is 2.02 bits per heavy atom. The molecule has 2 aliphatic carbocycles. The molecule has 0 aliphatic heterocycles. The second kappa shape index (κ2) is 13.4. The van der Waals surface area contributed by atoms with Crippen LogP contribution in [0.15, 0.2) is 112 Å². The van der Waals surface area contributed by atoms with Crippen LogP contribution in [0.4, 0.5) is 0 Å². The van der Waals surface area contributed by atoms with Crippen LogP contribution in [-0.2, 0) is 29.7 Å². The molecule has 0 aromatic heterocycles. The van der Waals surface area contributed by atoms with Crippen LogP contribution in [0.3, 0.4) is 0 Å². The summed E-state index contributed by atoms with van der Waals surface area (Å²) in [5.74, 6) is 0.624. The molecule has 4 aromatic rings. The van der Waals surface area contributed by atoms with Crippen LogP contribution in [0.2, 0.25) is 0 Å². The van der Waals surface area contributed by atoms with Gasteiger partial charge in [-0.3, -0.25) is 0 Å². The minimum atomic E-state index is -1.04. The fraction of sp³-hybridized carbons (Fsp3) is 0.263. The van der Waals surface area contributed by atoms with E-state index in [1.54, 1.807) is 17.7 Å². The summed E-state index contributed by atoms with van der Waals surface area (Å²) in [7, 11) is 0. The zero-order valence-electron chi connectivity index (χ0n) is 24.5. The molecule has 6 rings (SSSR count). The maximum atomic E-state index is 2.62. The Hall–Kier alpha value is -2.18. The number of allylic oxidation sites excluding steroid dienone is 4. The molecule has 2 aliphatic rings. The van der Waals surface area contributed by atoms with Gasteiger partial charge >= 0.3 is 248 Å². The molecule has 0 fully saturated rings. The van der Waals surface area contributed by atoms with Gasteiger partial charge in [0.25, 0.3) is 0 Å². The van der Waals surface area contributed by atoms with Gasteiger partial charge in [-0.15, -0.1) is 0 Å². The molecule has 0 saturated heterocycles. The van der Waals surface area contributed by atoms with Crippen molar-refractivity contribution in [3.05, 3.63) is 123 Å². The van der Waals surface area contributed by atoms with Crippen LogP contribution in [0.1, 0.15) is 58.1 Å². The summed E-state index contributed by atoms with van der Waals surface area (Å²) >= 11 is -1.04. The van der Waals surface area contributed by atoms with Gasteiger partial charge in [0.15, 0.2) is 0 Å². The third-order valence-corrected chi connectivity index (χ3v) is 12.4. The van der Waals surface area contributed by atoms with Crippen LogP contribution in [0.5, 0.6) is 0 Å². The number of fused-ring (bicyclic) bond motifs is 3. The van der Waals surface area contributed by atoms with Crippen molar-refractivity contribution in [2.24, 2.45) is 11.3 Å². The van der Waals surface area contributed by atoms with E-state index in [9.17, 15) is 0 Å². The van der Waals surface area contributed by atoms with Crippen molar-refractivity contribution in [2.45, 2.75) is 53.4 Å². The Kier molecular flexibility index (Phi) is 10.4. The quantitative estimate of drug-likeness (QED) is 0.249. The van der Waals surface area contributed by atoms with Gasteiger partial charge in [-0.2, -0.15) is 0 Å². The van der Waals surface area contributed by atoms with Crippen molar-refractivity contribution in [3.8, 4) is 33.4 Å².